The lowest BCUT2D eigenvalue weighted by molar-refractivity contribution is -0.139. The van der Waals surface area contributed by atoms with Gasteiger partial charge in [-0.25, -0.2) is 8.42 Å². The largest absolute Gasteiger partial charge is 0.459 e. The van der Waals surface area contributed by atoms with Crippen molar-refractivity contribution in [2.75, 3.05) is 11.9 Å². The zero-order valence-electron chi connectivity index (χ0n) is 35.3. The van der Waals surface area contributed by atoms with Crippen LogP contribution in [0.4, 0.5) is 5.69 Å². The second kappa shape index (κ2) is 17.2. The number of hydrogen-bond donors (Lipinski definition) is 2. The van der Waals surface area contributed by atoms with Gasteiger partial charge in [-0.2, -0.15) is 4.98 Å². The van der Waals surface area contributed by atoms with E-state index in [2.05, 4.69) is 10.0 Å². The van der Waals surface area contributed by atoms with E-state index in [0.717, 1.165) is 42.5 Å². The molecule has 2 aliphatic heterocycles. The molecule has 2 aliphatic carbocycles. The van der Waals surface area contributed by atoms with Gasteiger partial charge in [0.1, 0.15) is 17.7 Å². The average molecular weight is 848 g/mol. The Morgan fingerprint density at radius 3 is 2.41 bits per heavy atom. The number of ether oxygens (including phenoxy) is 1. The number of nitrogens with zero attached hydrogens (tertiary/aromatic N) is 3. The molecule has 3 aromatic carbocycles. The number of para-hydroxylation sites is 2. The fraction of sp³-hybridized carbons (Fsp3) is 0.479. The van der Waals surface area contributed by atoms with Gasteiger partial charge < -0.3 is 15.0 Å². The molecule has 3 heterocycles. The minimum atomic E-state index is -3.94. The van der Waals surface area contributed by atoms with Gasteiger partial charge in [-0.15, -0.1) is 0 Å². The Labute approximate surface area is 358 Å². The lowest BCUT2D eigenvalue weighted by atomic mass is 9.91. The minimum Gasteiger partial charge on any atom is -0.459 e. The third-order valence-electron chi connectivity index (χ3n) is 13.2. The highest BCUT2D eigenvalue weighted by Crippen LogP contribution is 2.57. The van der Waals surface area contributed by atoms with E-state index < -0.39 is 44.3 Å². The molecule has 3 fully saturated rings. The number of nitrogens with one attached hydrogen (secondary N) is 2. The SMILES string of the molecule is CC(C)n1c(O[C@@H]2C[C@H]3C(=O)C[C@]4(C(=O)NS(=O)(=O)C5(C)CC5)C[C@@H]4/C=C\CCCCC[C@H](Nc4ccccc4)C(=O)N3C2)nc2c(C(=O)CCc3ccccc3)cccc21. The van der Waals surface area contributed by atoms with Crippen molar-refractivity contribution in [1.82, 2.24) is 19.2 Å². The van der Waals surface area contributed by atoms with E-state index in [-0.39, 0.29) is 48.8 Å². The highest BCUT2D eigenvalue weighted by molar-refractivity contribution is 7.91. The van der Waals surface area contributed by atoms with Crippen molar-refractivity contribution >= 4 is 50.1 Å². The van der Waals surface area contributed by atoms with Crippen molar-refractivity contribution in [3.63, 3.8) is 0 Å². The Kier molecular flexibility index (Phi) is 12.0. The Bertz CT molecular complexity index is 2430. The van der Waals surface area contributed by atoms with E-state index >= 15 is 0 Å². The van der Waals surface area contributed by atoms with Crippen LogP contribution in [0.2, 0.25) is 0 Å². The number of allylic oxidation sites excluding steroid dienone is 2. The van der Waals surface area contributed by atoms with Gasteiger partial charge in [-0.3, -0.25) is 28.5 Å². The predicted octanol–water partition coefficient (Wildman–Crippen LogP) is 7.75. The normalized spacial score (nSPS) is 25.8. The van der Waals surface area contributed by atoms with E-state index in [1.54, 1.807) is 17.9 Å². The summed E-state index contributed by atoms with van der Waals surface area (Å²) in [6.45, 7) is 5.75. The first-order valence-electron chi connectivity index (χ1n) is 21.9. The average Bonchev–Trinajstić information content (AvgIpc) is 4.07. The number of Topliss-reactive ketones (excluding diaryl/α,β-unsaturated/α-hetero) is 2. The summed E-state index contributed by atoms with van der Waals surface area (Å²) in [6, 6.07) is 23.6. The monoisotopic (exact) mass is 847 g/mol. The number of imidazole rings is 1. The quantitative estimate of drug-likeness (QED) is 0.108. The molecule has 5 atom stereocenters. The maximum atomic E-state index is 14.8. The molecule has 13 heteroatoms. The van der Waals surface area contributed by atoms with E-state index in [4.69, 9.17) is 9.72 Å². The number of carbonyl (C=O) groups is 4. The van der Waals surface area contributed by atoms with Crippen LogP contribution in [-0.4, -0.2) is 75.7 Å². The second-order valence-corrected chi connectivity index (χ2v) is 20.2. The zero-order chi connectivity index (χ0) is 42.9. The van der Waals surface area contributed by atoms with Crippen molar-refractivity contribution < 1.29 is 32.3 Å². The Balaban J connectivity index is 1.10. The van der Waals surface area contributed by atoms with Gasteiger partial charge in [0.15, 0.2) is 11.6 Å². The number of rotatable bonds is 12. The molecule has 4 aliphatic rings. The van der Waals surface area contributed by atoms with Crippen LogP contribution in [0, 0.1) is 11.3 Å². The topological polar surface area (TPSA) is 157 Å². The fourth-order valence-corrected chi connectivity index (χ4v) is 10.4. The maximum absolute atomic E-state index is 14.8. The van der Waals surface area contributed by atoms with Gasteiger partial charge in [0.2, 0.25) is 21.8 Å². The molecule has 0 spiro atoms. The molecule has 322 valence electrons. The van der Waals surface area contributed by atoms with Crippen LogP contribution < -0.4 is 14.8 Å². The molecular weight excluding hydrogens is 791 g/mol. The summed E-state index contributed by atoms with van der Waals surface area (Å²) in [4.78, 5) is 63.9. The van der Waals surface area contributed by atoms with Gasteiger partial charge in [0.25, 0.3) is 6.01 Å². The van der Waals surface area contributed by atoms with Crippen LogP contribution in [0.25, 0.3) is 11.0 Å². The van der Waals surface area contributed by atoms with Crippen molar-refractivity contribution in [3.05, 3.63) is 102 Å². The standard InChI is InChI=1S/C48H57N5O7S/c1-32(2)53-39-23-15-21-37(41(54)25-24-33-16-9-7-10-17-33)43(39)50-46(53)60-36-28-40-42(55)30-48(45(57)51-61(58,59)47(3)26-27-47)29-34(48)18-11-5-4-6-14-22-38(44(56)52(40)31-36)49-35-19-12-8-13-20-35/h7-13,15-21,23,32,34,36,38,40,49H,4-6,14,22,24-31H2,1-3H3,(H,51,57)/b18-11-/t34-,36+,38-,40-,48+/m0/s1. The third kappa shape index (κ3) is 8.89. The number of fused-ring (bicyclic) bond motifs is 3. The molecule has 12 nitrogen and oxygen atoms in total. The summed E-state index contributed by atoms with van der Waals surface area (Å²) >= 11 is 0. The number of hydrogen-bond acceptors (Lipinski definition) is 9. The maximum Gasteiger partial charge on any atom is 0.297 e. The van der Waals surface area contributed by atoms with E-state index in [9.17, 15) is 27.6 Å². The van der Waals surface area contributed by atoms with Crippen molar-refractivity contribution in [2.24, 2.45) is 11.3 Å². The smallest absolute Gasteiger partial charge is 0.297 e. The lowest BCUT2D eigenvalue weighted by Crippen LogP contribution is -2.49. The van der Waals surface area contributed by atoms with Crippen molar-refractivity contribution in [1.29, 1.82) is 0 Å². The predicted molar refractivity (Wildman–Crippen MR) is 235 cm³/mol. The Morgan fingerprint density at radius 2 is 1.69 bits per heavy atom. The summed E-state index contributed by atoms with van der Waals surface area (Å²) in [6.07, 6.45) is 9.40. The Morgan fingerprint density at radius 1 is 0.951 bits per heavy atom. The van der Waals surface area contributed by atoms with Crippen LogP contribution in [0.5, 0.6) is 6.01 Å². The highest BCUT2D eigenvalue weighted by atomic mass is 32.2. The molecule has 4 aromatic rings. The van der Waals surface area contributed by atoms with E-state index in [1.807, 2.05) is 103 Å². The number of aromatic nitrogens is 2. The molecule has 1 saturated heterocycles. The van der Waals surface area contributed by atoms with Crippen LogP contribution in [0.15, 0.2) is 91.0 Å². The van der Waals surface area contributed by atoms with E-state index in [0.29, 0.717) is 55.6 Å². The molecule has 2 N–H and O–H groups in total. The van der Waals surface area contributed by atoms with Crippen LogP contribution in [-0.2, 0) is 30.8 Å². The lowest BCUT2D eigenvalue weighted by Gasteiger charge is -2.30. The summed E-state index contributed by atoms with van der Waals surface area (Å²) in [5.74, 6) is -1.53. The summed E-state index contributed by atoms with van der Waals surface area (Å²) in [5, 5.41) is 3.45. The molecule has 61 heavy (non-hydrogen) atoms. The van der Waals surface area contributed by atoms with Gasteiger partial charge in [-0.05, 0) is 101 Å². The Hall–Kier alpha value is -5.30. The van der Waals surface area contributed by atoms with Crippen molar-refractivity contribution in [2.45, 2.75) is 127 Å². The molecule has 2 amide bonds. The summed E-state index contributed by atoms with van der Waals surface area (Å²) in [5.41, 5.74) is 2.41. The molecule has 1 aromatic heterocycles. The zero-order valence-corrected chi connectivity index (χ0v) is 36.2. The van der Waals surface area contributed by atoms with E-state index in [1.165, 1.54) is 0 Å². The number of aryl methyl sites for hydroxylation is 1. The third-order valence-corrected chi connectivity index (χ3v) is 15.4. The first kappa shape index (κ1) is 42.4. The molecule has 8 rings (SSSR count). The highest BCUT2D eigenvalue weighted by Gasteiger charge is 2.62. The molecule has 0 radical (unpaired) electrons. The molecule has 0 bridgehead atoms. The van der Waals surface area contributed by atoms with Crippen LogP contribution in [0.1, 0.15) is 113 Å². The molecular formula is C48H57N5O7S. The number of sulfonamides is 1. The van der Waals surface area contributed by atoms with Gasteiger partial charge in [0.05, 0.1) is 28.3 Å². The number of benzene rings is 3. The van der Waals surface area contributed by atoms with Gasteiger partial charge >= 0.3 is 0 Å². The van der Waals surface area contributed by atoms with Crippen LogP contribution in [0.3, 0.4) is 0 Å². The van der Waals surface area contributed by atoms with Crippen molar-refractivity contribution in [3.8, 4) is 6.01 Å². The van der Waals surface area contributed by atoms with Gasteiger partial charge in [-0.1, -0.05) is 79.6 Å². The summed E-state index contributed by atoms with van der Waals surface area (Å²) in [7, 11) is -3.94. The van der Waals surface area contributed by atoms with Gasteiger partial charge in [0, 0.05) is 36.6 Å². The summed E-state index contributed by atoms with van der Waals surface area (Å²) < 4.78 is 36.6. The number of amides is 2. The first-order chi connectivity index (χ1) is 29.3. The molecule has 2 saturated carbocycles. The minimum absolute atomic E-state index is 0.0282. The number of ketones is 2. The second-order valence-electron chi connectivity index (χ2n) is 18.0. The number of carbonyl (C=O) groups excluding carboxylic acids is 4. The first-order valence-corrected chi connectivity index (χ1v) is 23.4. The number of anilines is 1. The molecule has 0 unspecified atom stereocenters. The van der Waals surface area contributed by atoms with Crippen LogP contribution >= 0.6 is 0 Å². The fourth-order valence-electron chi connectivity index (χ4n) is 9.11.